The summed E-state index contributed by atoms with van der Waals surface area (Å²) in [6.45, 7) is 4.05. The van der Waals surface area contributed by atoms with Crippen molar-refractivity contribution in [1.29, 1.82) is 0 Å². The summed E-state index contributed by atoms with van der Waals surface area (Å²) in [7, 11) is 0. The summed E-state index contributed by atoms with van der Waals surface area (Å²) in [5.74, 6) is 6.33. The van der Waals surface area contributed by atoms with Gasteiger partial charge >= 0.3 is 0 Å². The molecular formula is C15H16. The van der Waals surface area contributed by atoms with E-state index >= 15 is 0 Å². The Hall–Kier alpha value is -1.74. The first-order chi connectivity index (χ1) is 7.36. The van der Waals surface area contributed by atoms with Crippen molar-refractivity contribution in [3.63, 3.8) is 0 Å². The van der Waals surface area contributed by atoms with Gasteiger partial charge in [0, 0.05) is 11.1 Å². The van der Waals surface area contributed by atoms with Crippen LogP contribution in [0.1, 0.15) is 25.8 Å². The molecule has 0 bridgehead atoms. The normalized spacial score (nSPS) is 11.2. The van der Waals surface area contributed by atoms with E-state index in [0.717, 1.165) is 17.6 Å². The zero-order valence-electron chi connectivity index (χ0n) is 9.33. The molecule has 0 nitrogen and oxygen atoms in total. The summed E-state index contributed by atoms with van der Waals surface area (Å²) in [4.78, 5) is 0. The fourth-order valence-electron chi connectivity index (χ4n) is 1.16. The highest BCUT2D eigenvalue weighted by Crippen LogP contribution is 2.02. The van der Waals surface area contributed by atoms with Gasteiger partial charge in [0.05, 0.1) is 0 Å². The summed E-state index contributed by atoms with van der Waals surface area (Å²) in [5.41, 5.74) is 2.23. The van der Waals surface area contributed by atoms with Gasteiger partial charge in [-0.25, -0.2) is 0 Å². The van der Waals surface area contributed by atoms with Crippen LogP contribution in [0.3, 0.4) is 0 Å². The molecule has 0 aromatic heterocycles. The maximum absolute atomic E-state index is 3.18. The van der Waals surface area contributed by atoms with Gasteiger partial charge in [0.15, 0.2) is 0 Å². The highest BCUT2D eigenvalue weighted by molar-refractivity contribution is 5.40. The minimum absolute atomic E-state index is 0.923. The van der Waals surface area contributed by atoms with Crippen molar-refractivity contribution in [2.75, 3.05) is 0 Å². The molecule has 1 aromatic carbocycles. The molecule has 0 aliphatic rings. The topological polar surface area (TPSA) is 0 Å². The lowest BCUT2D eigenvalue weighted by atomic mass is 10.1. The standard InChI is InChI=1S/C15H16/c1-3-5-9-14(4-2)12-13-15-10-7-6-8-11-15/h3-8,10-11H,9H2,1-2H3/b5-3-,14-4+. The highest BCUT2D eigenvalue weighted by Gasteiger charge is 1.86. The Morgan fingerprint density at radius 3 is 2.53 bits per heavy atom. The molecule has 1 rings (SSSR count). The molecule has 0 atom stereocenters. The van der Waals surface area contributed by atoms with E-state index in [1.165, 1.54) is 0 Å². The molecule has 0 aliphatic heterocycles. The second kappa shape index (κ2) is 6.68. The zero-order valence-corrected chi connectivity index (χ0v) is 9.33. The van der Waals surface area contributed by atoms with Crippen molar-refractivity contribution in [2.45, 2.75) is 20.3 Å². The first-order valence-electron chi connectivity index (χ1n) is 5.20. The Bertz CT molecular complexity index is 397. The van der Waals surface area contributed by atoms with Crippen molar-refractivity contribution in [3.05, 3.63) is 59.7 Å². The fourth-order valence-corrected chi connectivity index (χ4v) is 1.16. The third-order valence-corrected chi connectivity index (χ3v) is 2.06. The maximum atomic E-state index is 3.18. The lowest BCUT2D eigenvalue weighted by Gasteiger charge is -1.91. The molecule has 0 heterocycles. The van der Waals surface area contributed by atoms with Gasteiger partial charge in [-0.05, 0) is 32.4 Å². The summed E-state index contributed by atoms with van der Waals surface area (Å²) >= 11 is 0. The van der Waals surface area contributed by atoms with Crippen LogP contribution < -0.4 is 0 Å². The van der Waals surface area contributed by atoms with Gasteiger partial charge in [0.25, 0.3) is 0 Å². The molecule has 0 fully saturated rings. The Kier molecular flexibility index (Phi) is 5.04. The van der Waals surface area contributed by atoms with E-state index in [-0.39, 0.29) is 0 Å². The van der Waals surface area contributed by atoms with Gasteiger partial charge in [-0.1, -0.05) is 48.3 Å². The number of benzene rings is 1. The van der Waals surface area contributed by atoms with Crippen LogP contribution in [0.25, 0.3) is 0 Å². The van der Waals surface area contributed by atoms with Crippen LogP contribution in [0.5, 0.6) is 0 Å². The minimum atomic E-state index is 0.923. The Morgan fingerprint density at radius 2 is 1.93 bits per heavy atom. The highest BCUT2D eigenvalue weighted by atomic mass is 13.9. The first kappa shape index (κ1) is 11.3. The van der Waals surface area contributed by atoms with Gasteiger partial charge < -0.3 is 0 Å². The molecule has 0 aliphatic carbocycles. The van der Waals surface area contributed by atoms with Crippen LogP contribution in [-0.4, -0.2) is 0 Å². The summed E-state index contributed by atoms with van der Waals surface area (Å²) in [6, 6.07) is 10.1. The van der Waals surface area contributed by atoms with Crippen LogP contribution in [-0.2, 0) is 0 Å². The average molecular weight is 196 g/mol. The predicted molar refractivity (Wildman–Crippen MR) is 66.5 cm³/mol. The summed E-state index contributed by atoms with van der Waals surface area (Å²) in [5, 5.41) is 0. The third kappa shape index (κ3) is 4.33. The van der Waals surface area contributed by atoms with E-state index in [1.807, 2.05) is 50.3 Å². The van der Waals surface area contributed by atoms with Gasteiger partial charge in [0.2, 0.25) is 0 Å². The van der Waals surface area contributed by atoms with Gasteiger partial charge in [-0.2, -0.15) is 0 Å². The van der Waals surface area contributed by atoms with Crippen molar-refractivity contribution < 1.29 is 0 Å². The van der Waals surface area contributed by atoms with E-state index in [4.69, 9.17) is 0 Å². The molecule has 76 valence electrons. The van der Waals surface area contributed by atoms with Crippen molar-refractivity contribution >= 4 is 0 Å². The van der Waals surface area contributed by atoms with Crippen LogP contribution in [0.2, 0.25) is 0 Å². The average Bonchev–Trinajstić information content (AvgIpc) is 2.31. The van der Waals surface area contributed by atoms with E-state index in [0.29, 0.717) is 0 Å². The molecule has 15 heavy (non-hydrogen) atoms. The Balaban J connectivity index is 2.72. The van der Waals surface area contributed by atoms with E-state index < -0.39 is 0 Å². The fraction of sp³-hybridized carbons (Fsp3) is 0.200. The molecule has 0 N–H and O–H groups in total. The first-order valence-corrected chi connectivity index (χ1v) is 5.20. The number of hydrogen-bond acceptors (Lipinski definition) is 0. The second-order valence-corrected chi connectivity index (χ2v) is 3.20. The van der Waals surface area contributed by atoms with Gasteiger partial charge in [-0.3, -0.25) is 0 Å². The maximum Gasteiger partial charge on any atom is 0.0248 e. The zero-order chi connectivity index (χ0) is 10.9. The summed E-state index contributed by atoms with van der Waals surface area (Å²) in [6.07, 6.45) is 7.16. The monoisotopic (exact) mass is 196 g/mol. The molecule has 0 spiro atoms. The smallest absolute Gasteiger partial charge is 0.0248 e. The second-order valence-electron chi connectivity index (χ2n) is 3.20. The van der Waals surface area contributed by atoms with Crippen molar-refractivity contribution in [1.82, 2.24) is 0 Å². The Labute approximate surface area is 92.3 Å². The van der Waals surface area contributed by atoms with Crippen molar-refractivity contribution in [3.8, 4) is 11.8 Å². The lowest BCUT2D eigenvalue weighted by molar-refractivity contribution is 1.29. The van der Waals surface area contributed by atoms with Gasteiger partial charge in [0.1, 0.15) is 0 Å². The molecule has 0 unspecified atom stereocenters. The van der Waals surface area contributed by atoms with Crippen LogP contribution in [0.15, 0.2) is 54.1 Å². The minimum Gasteiger partial charge on any atom is -0.0913 e. The number of allylic oxidation sites excluding steroid dienone is 4. The van der Waals surface area contributed by atoms with Crippen LogP contribution >= 0.6 is 0 Å². The van der Waals surface area contributed by atoms with Crippen molar-refractivity contribution in [2.24, 2.45) is 0 Å². The van der Waals surface area contributed by atoms with Gasteiger partial charge in [-0.15, -0.1) is 0 Å². The lowest BCUT2D eigenvalue weighted by Crippen LogP contribution is -1.76. The predicted octanol–water partition coefficient (Wildman–Crippen LogP) is 3.95. The molecule has 0 heteroatoms. The molecule has 0 amide bonds. The number of hydrogen-bond donors (Lipinski definition) is 0. The quantitative estimate of drug-likeness (QED) is 0.496. The van der Waals surface area contributed by atoms with E-state index in [2.05, 4.69) is 24.0 Å². The van der Waals surface area contributed by atoms with Crippen LogP contribution in [0.4, 0.5) is 0 Å². The summed E-state index contributed by atoms with van der Waals surface area (Å²) < 4.78 is 0. The SMILES string of the molecule is C/C=C\C/C(C#Cc1ccccc1)=C\C. The van der Waals surface area contributed by atoms with Crippen LogP contribution in [0, 0.1) is 11.8 Å². The number of rotatable bonds is 2. The largest absolute Gasteiger partial charge is 0.0913 e. The molecule has 0 saturated heterocycles. The third-order valence-electron chi connectivity index (χ3n) is 2.06. The Morgan fingerprint density at radius 1 is 1.20 bits per heavy atom. The van der Waals surface area contributed by atoms with E-state index in [9.17, 15) is 0 Å². The van der Waals surface area contributed by atoms with E-state index in [1.54, 1.807) is 0 Å². The molecule has 0 radical (unpaired) electrons. The molecule has 0 saturated carbocycles. The molecular weight excluding hydrogens is 180 g/mol. The molecule has 1 aromatic rings.